The Labute approximate surface area is 146 Å². The average Bonchev–Trinajstić information content (AvgIpc) is 2.99. The van der Waals surface area contributed by atoms with E-state index in [-0.39, 0.29) is 6.54 Å². The fourth-order valence-electron chi connectivity index (χ4n) is 1.73. The molecule has 0 unspecified atom stereocenters. The zero-order valence-electron chi connectivity index (χ0n) is 13.4. The van der Waals surface area contributed by atoms with Gasteiger partial charge in [-0.15, -0.1) is 13.0 Å². The lowest BCUT2D eigenvalue weighted by Crippen LogP contribution is -2.29. The molecule has 1 heterocycles. The van der Waals surface area contributed by atoms with Crippen LogP contribution in [0.15, 0.2) is 41.2 Å². The van der Waals surface area contributed by atoms with Gasteiger partial charge in [0.1, 0.15) is 11.5 Å². The Morgan fingerprint density at radius 2 is 2.25 bits per heavy atom. The van der Waals surface area contributed by atoms with Crippen molar-refractivity contribution in [2.45, 2.75) is 12.3 Å². The van der Waals surface area contributed by atoms with Crippen molar-refractivity contribution in [3.8, 4) is 12.3 Å². The van der Waals surface area contributed by atoms with Gasteiger partial charge in [0.05, 0.1) is 23.8 Å². The maximum Gasteiger partial charge on any atom is 0.274 e. The number of nitro groups is 1. The fraction of sp³-hybridized carbons (Fsp3) is 0.375. The van der Waals surface area contributed by atoms with E-state index >= 15 is 0 Å². The molecule has 0 spiro atoms. The van der Waals surface area contributed by atoms with Crippen LogP contribution in [0.5, 0.6) is 0 Å². The van der Waals surface area contributed by atoms with E-state index in [2.05, 4.69) is 28.4 Å². The van der Waals surface area contributed by atoms with Crippen LogP contribution in [0.3, 0.4) is 0 Å². The first-order chi connectivity index (χ1) is 11.7. The Hall–Kier alpha value is -2.37. The van der Waals surface area contributed by atoms with Crippen molar-refractivity contribution < 1.29 is 9.34 Å². The summed E-state index contributed by atoms with van der Waals surface area (Å²) in [7, 11) is 0. The van der Waals surface area contributed by atoms with Crippen LogP contribution in [0, 0.1) is 22.5 Å². The van der Waals surface area contributed by atoms with Gasteiger partial charge in [-0.3, -0.25) is 10.1 Å². The second kappa shape index (κ2) is 12.1. The van der Waals surface area contributed by atoms with Crippen LogP contribution in [0.1, 0.15) is 11.5 Å². The Bertz CT molecular complexity index is 592. The molecule has 130 valence electrons. The minimum atomic E-state index is -0.524. The van der Waals surface area contributed by atoms with Crippen LogP contribution in [-0.4, -0.2) is 30.3 Å². The van der Waals surface area contributed by atoms with E-state index in [0.717, 1.165) is 35.8 Å². The van der Waals surface area contributed by atoms with Gasteiger partial charge in [-0.05, 0) is 12.1 Å². The van der Waals surface area contributed by atoms with E-state index in [9.17, 15) is 10.1 Å². The number of nitrogens with zero attached hydrogens (tertiary/aromatic N) is 1. The van der Waals surface area contributed by atoms with Gasteiger partial charge in [0.2, 0.25) is 0 Å². The standard InChI is InChI=1S/C16H22N4O3S/c1-3-7-17-11-14-5-6-15(23-14)13-24-10-9-19-16(12-20(21)22)18-8-4-2/h2-3,5-6,12,17-19H,1,7-11,13H2. The molecule has 1 aromatic rings. The first kappa shape index (κ1) is 19.7. The number of hydrogen-bond acceptors (Lipinski definition) is 7. The van der Waals surface area contributed by atoms with Crippen molar-refractivity contribution >= 4 is 11.8 Å². The Morgan fingerprint density at radius 1 is 1.46 bits per heavy atom. The largest absolute Gasteiger partial charge is 0.464 e. The Kier molecular flexibility index (Phi) is 9.92. The molecule has 0 saturated carbocycles. The SMILES string of the molecule is C#CCNC(=C[N+](=O)[O-])NCCSCc1ccc(CNCC=C)o1. The minimum absolute atomic E-state index is 0.231. The van der Waals surface area contributed by atoms with E-state index in [1.807, 2.05) is 12.1 Å². The summed E-state index contributed by atoms with van der Waals surface area (Å²) in [5, 5.41) is 19.4. The molecule has 8 heteroatoms. The third-order valence-electron chi connectivity index (χ3n) is 2.73. The lowest BCUT2D eigenvalue weighted by atomic mass is 10.4. The highest BCUT2D eigenvalue weighted by molar-refractivity contribution is 7.98. The normalized spacial score (nSPS) is 10.9. The summed E-state index contributed by atoms with van der Waals surface area (Å²) >= 11 is 1.67. The first-order valence-corrected chi connectivity index (χ1v) is 8.54. The number of nitrogens with one attached hydrogen (secondary N) is 3. The van der Waals surface area contributed by atoms with Crippen molar-refractivity contribution in [2.75, 3.05) is 25.4 Å². The molecule has 0 amide bonds. The Morgan fingerprint density at radius 3 is 2.96 bits per heavy atom. The summed E-state index contributed by atoms with van der Waals surface area (Å²) in [4.78, 5) is 9.99. The quantitative estimate of drug-likeness (QED) is 0.164. The summed E-state index contributed by atoms with van der Waals surface area (Å²) < 4.78 is 5.69. The zero-order valence-corrected chi connectivity index (χ0v) is 14.2. The summed E-state index contributed by atoms with van der Waals surface area (Å²) in [6.07, 6.45) is 7.80. The number of hydrogen-bond donors (Lipinski definition) is 3. The Balaban J connectivity index is 2.24. The van der Waals surface area contributed by atoms with Gasteiger partial charge >= 0.3 is 0 Å². The second-order valence-corrected chi connectivity index (χ2v) is 5.76. The number of terminal acetylenes is 1. The maximum atomic E-state index is 10.5. The molecule has 0 aliphatic heterocycles. The number of rotatable bonds is 13. The van der Waals surface area contributed by atoms with Crippen molar-refractivity contribution in [1.82, 2.24) is 16.0 Å². The van der Waals surface area contributed by atoms with Gasteiger partial charge in [-0.1, -0.05) is 12.0 Å². The molecule has 1 aromatic heterocycles. The van der Waals surface area contributed by atoms with E-state index in [1.54, 1.807) is 17.8 Å². The van der Waals surface area contributed by atoms with Crippen LogP contribution in [0.25, 0.3) is 0 Å². The van der Waals surface area contributed by atoms with E-state index in [1.165, 1.54) is 0 Å². The van der Waals surface area contributed by atoms with Crippen LogP contribution in [-0.2, 0) is 12.3 Å². The smallest absolute Gasteiger partial charge is 0.274 e. The summed E-state index contributed by atoms with van der Waals surface area (Å²) in [6.45, 7) is 5.87. The van der Waals surface area contributed by atoms with Gasteiger partial charge in [0, 0.05) is 18.8 Å². The highest BCUT2D eigenvalue weighted by atomic mass is 32.2. The molecule has 0 radical (unpaired) electrons. The molecule has 0 aromatic carbocycles. The molecule has 0 aliphatic carbocycles. The number of furan rings is 1. The third kappa shape index (κ3) is 8.92. The van der Waals surface area contributed by atoms with E-state index in [0.29, 0.717) is 18.9 Å². The molecule has 0 atom stereocenters. The highest BCUT2D eigenvalue weighted by Gasteiger charge is 2.03. The van der Waals surface area contributed by atoms with Gasteiger partial charge < -0.3 is 20.4 Å². The summed E-state index contributed by atoms with van der Waals surface area (Å²) in [6, 6.07) is 3.91. The van der Waals surface area contributed by atoms with Crippen molar-refractivity contribution in [1.29, 1.82) is 0 Å². The van der Waals surface area contributed by atoms with Gasteiger partial charge in [-0.25, -0.2) is 0 Å². The van der Waals surface area contributed by atoms with Crippen LogP contribution < -0.4 is 16.0 Å². The lowest BCUT2D eigenvalue weighted by Gasteiger charge is -2.08. The van der Waals surface area contributed by atoms with Crippen LogP contribution >= 0.6 is 11.8 Å². The monoisotopic (exact) mass is 350 g/mol. The molecular formula is C16H22N4O3S. The van der Waals surface area contributed by atoms with Crippen molar-refractivity contribution in [3.63, 3.8) is 0 Å². The average molecular weight is 350 g/mol. The second-order valence-electron chi connectivity index (χ2n) is 4.65. The molecule has 0 bridgehead atoms. The van der Waals surface area contributed by atoms with Crippen molar-refractivity contribution in [2.24, 2.45) is 0 Å². The molecule has 0 aliphatic rings. The summed E-state index contributed by atoms with van der Waals surface area (Å²) in [5.41, 5.74) is 0. The van der Waals surface area contributed by atoms with Crippen LogP contribution in [0.4, 0.5) is 0 Å². The topological polar surface area (TPSA) is 92.4 Å². The maximum absolute atomic E-state index is 10.5. The third-order valence-corrected chi connectivity index (χ3v) is 3.71. The fourth-order valence-corrected chi connectivity index (χ4v) is 2.48. The van der Waals surface area contributed by atoms with Gasteiger partial charge in [0.15, 0.2) is 5.82 Å². The van der Waals surface area contributed by atoms with Gasteiger partial charge in [-0.2, -0.15) is 11.8 Å². The number of thioether (sulfide) groups is 1. The lowest BCUT2D eigenvalue weighted by molar-refractivity contribution is -0.404. The molecule has 0 fully saturated rings. The molecule has 7 nitrogen and oxygen atoms in total. The highest BCUT2D eigenvalue weighted by Crippen LogP contribution is 2.15. The van der Waals surface area contributed by atoms with Crippen molar-refractivity contribution in [3.05, 3.63) is 58.4 Å². The molecule has 0 saturated heterocycles. The molecule has 1 rings (SSSR count). The van der Waals surface area contributed by atoms with E-state index < -0.39 is 4.92 Å². The molecule has 3 N–H and O–H groups in total. The molecule has 24 heavy (non-hydrogen) atoms. The van der Waals surface area contributed by atoms with E-state index in [4.69, 9.17) is 10.8 Å². The molecular weight excluding hydrogens is 328 g/mol. The van der Waals surface area contributed by atoms with Crippen LogP contribution in [0.2, 0.25) is 0 Å². The minimum Gasteiger partial charge on any atom is -0.464 e. The summed E-state index contributed by atoms with van der Waals surface area (Å²) in [5.74, 6) is 6.00. The predicted molar refractivity (Wildman–Crippen MR) is 96.7 cm³/mol. The van der Waals surface area contributed by atoms with Gasteiger partial charge in [0.25, 0.3) is 6.20 Å². The first-order valence-electron chi connectivity index (χ1n) is 7.39. The zero-order chi connectivity index (χ0) is 17.6. The predicted octanol–water partition coefficient (Wildman–Crippen LogP) is 1.68.